The van der Waals surface area contributed by atoms with E-state index in [2.05, 4.69) is 5.32 Å². The lowest BCUT2D eigenvalue weighted by Gasteiger charge is -2.10. The Kier molecular flexibility index (Phi) is 5.03. The van der Waals surface area contributed by atoms with Crippen LogP contribution in [0, 0.1) is 17.6 Å². The molecule has 1 atom stereocenters. The normalized spacial score (nSPS) is 12.2. The summed E-state index contributed by atoms with van der Waals surface area (Å²) < 4.78 is 26.1. The Morgan fingerprint density at radius 2 is 2.18 bits per heavy atom. The van der Waals surface area contributed by atoms with Crippen molar-refractivity contribution in [3.8, 4) is 0 Å². The van der Waals surface area contributed by atoms with Crippen molar-refractivity contribution in [2.24, 2.45) is 5.92 Å². The molecule has 5 heteroatoms. The summed E-state index contributed by atoms with van der Waals surface area (Å²) in [4.78, 5) is 11.4. The van der Waals surface area contributed by atoms with E-state index in [1.807, 2.05) is 0 Å². The molecule has 0 aliphatic heterocycles. The smallest absolute Gasteiger partial charge is 0.224 e. The zero-order valence-corrected chi connectivity index (χ0v) is 9.54. The van der Waals surface area contributed by atoms with Gasteiger partial charge in [0.25, 0.3) is 0 Å². The fraction of sp³-hybridized carbons (Fsp3) is 0.417. The van der Waals surface area contributed by atoms with E-state index < -0.39 is 17.5 Å². The van der Waals surface area contributed by atoms with Crippen molar-refractivity contribution in [3.05, 3.63) is 35.4 Å². The van der Waals surface area contributed by atoms with Crippen LogP contribution in [0.5, 0.6) is 0 Å². The number of aliphatic hydroxyl groups excluding tert-OH is 1. The van der Waals surface area contributed by atoms with Crippen molar-refractivity contribution in [1.82, 2.24) is 5.32 Å². The van der Waals surface area contributed by atoms with Gasteiger partial charge in [-0.3, -0.25) is 4.79 Å². The molecular formula is C12H15F2NO2. The first-order chi connectivity index (χ1) is 8.04. The highest BCUT2D eigenvalue weighted by atomic mass is 19.2. The van der Waals surface area contributed by atoms with Crippen LogP contribution in [-0.2, 0) is 11.2 Å². The molecule has 0 aliphatic rings. The van der Waals surface area contributed by atoms with Crippen molar-refractivity contribution in [3.63, 3.8) is 0 Å². The quantitative estimate of drug-likeness (QED) is 0.817. The largest absolute Gasteiger partial charge is 0.396 e. The Labute approximate surface area is 98.5 Å². The van der Waals surface area contributed by atoms with E-state index in [1.165, 1.54) is 12.1 Å². The molecule has 1 rings (SSSR count). The second kappa shape index (κ2) is 6.30. The molecule has 0 saturated carbocycles. The van der Waals surface area contributed by atoms with E-state index in [9.17, 15) is 13.6 Å². The number of carbonyl (C=O) groups is 1. The first-order valence-electron chi connectivity index (χ1n) is 5.35. The molecule has 1 aromatic carbocycles. The lowest BCUT2D eigenvalue weighted by molar-refractivity contribution is -0.120. The van der Waals surface area contributed by atoms with E-state index in [-0.39, 0.29) is 24.5 Å². The summed E-state index contributed by atoms with van der Waals surface area (Å²) in [7, 11) is 0. The number of aliphatic hydroxyl groups is 1. The van der Waals surface area contributed by atoms with Crippen molar-refractivity contribution in [1.29, 1.82) is 0 Å². The molecule has 2 N–H and O–H groups in total. The van der Waals surface area contributed by atoms with Crippen LogP contribution in [-0.4, -0.2) is 24.2 Å². The summed E-state index contributed by atoms with van der Waals surface area (Å²) in [6.45, 7) is 2.05. The molecule has 0 saturated heterocycles. The minimum absolute atomic E-state index is 0.0270. The van der Waals surface area contributed by atoms with Crippen LogP contribution in [0.2, 0.25) is 0 Å². The molecule has 0 aliphatic carbocycles. The molecule has 17 heavy (non-hydrogen) atoms. The summed E-state index contributed by atoms with van der Waals surface area (Å²) >= 11 is 0. The van der Waals surface area contributed by atoms with Crippen LogP contribution in [0.25, 0.3) is 0 Å². The fourth-order valence-electron chi connectivity index (χ4n) is 1.27. The lowest BCUT2D eigenvalue weighted by Crippen LogP contribution is -2.31. The minimum Gasteiger partial charge on any atom is -0.396 e. The third-order valence-corrected chi connectivity index (χ3v) is 2.34. The van der Waals surface area contributed by atoms with Gasteiger partial charge in [-0.1, -0.05) is 19.1 Å². The number of rotatable bonds is 5. The van der Waals surface area contributed by atoms with Crippen LogP contribution in [0.4, 0.5) is 8.78 Å². The van der Waals surface area contributed by atoms with Crippen LogP contribution in [0.1, 0.15) is 12.5 Å². The van der Waals surface area contributed by atoms with Gasteiger partial charge in [0.15, 0.2) is 11.6 Å². The fourth-order valence-corrected chi connectivity index (χ4v) is 1.27. The number of benzene rings is 1. The van der Waals surface area contributed by atoms with E-state index in [0.717, 1.165) is 6.07 Å². The van der Waals surface area contributed by atoms with Crippen LogP contribution in [0.3, 0.4) is 0 Å². The summed E-state index contributed by atoms with van der Waals surface area (Å²) in [6.07, 6.45) is -0.207. The Hall–Kier alpha value is -1.49. The van der Waals surface area contributed by atoms with Crippen molar-refractivity contribution in [2.75, 3.05) is 13.2 Å². The van der Waals surface area contributed by atoms with Gasteiger partial charge in [-0.05, 0) is 12.0 Å². The maximum Gasteiger partial charge on any atom is 0.224 e. The number of amides is 1. The standard InChI is InChI=1S/C12H15F2NO2/c1-8(7-16)6-15-11(17)5-9-3-2-4-10(13)12(9)14/h2-4,8,16H,5-7H2,1H3,(H,15,17). The third-order valence-electron chi connectivity index (χ3n) is 2.34. The highest BCUT2D eigenvalue weighted by Crippen LogP contribution is 2.11. The number of halogens is 2. The van der Waals surface area contributed by atoms with Crippen LogP contribution in [0.15, 0.2) is 18.2 Å². The van der Waals surface area contributed by atoms with Crippen molar-refractivity contribution < 1.29 is 18.7 Å². The predicted octanol–water partition coefficient (Wildman–Crippen LogP) is 1.25. The highest BCUT2D eigenvalue weighted by molar-refractivity contribution is 5.78. The molecular weight excluding hydrogens is 228 g/mol. The molecule has 0 heterocycles. The lowest BCUT2D eigenvalue weighted by atomic mass is 10.1. The molecule has 1 aromatic rings. The van der Waals surface area contributed by atoms with E-state index >= 15 is 0 Å². The minimum atomic E-state index is -0.988. The van der Waals surface area contributed by atoms with Gasteiger partial charge in [-0.15, -0.1) is 0 Å². The number of hydrogen-bond donors (Lipinski definition) is 2. The van der Waals surface area contributed by atoms with Crippen LogP contribution < -0.4 is 5.32 Å². The first-order valence-corrected chi connectivity index (χ1v) is 5.35. The molecule has 0 aromatic heterocycles. The number of hydrogen-bond acceptors (Lipinski definition) is 2. The van der Waals surface area contributed by atoms with Gasteiger partial charge < -0.3 is 10.4 Å². The van der Waals surface area contributed by atoms with Crippen molar-refractivity contribution >= 4 is 5.91 Å². The zero-order chi connectivity index (χ0) is 12.8. The summed E-state index contributed by atoms with van der Waals surface area (Å²) in [5.74, 6) is -2.40. The Morgan fingerprint density at radius 3 is 2.82 bits per heavy atom. The van der Waals surface area contributed by atoms with Gasteiger partial charge in [0.1, 0.15) is 0 Å². The van der Waals surface area contributed by atoms with E-state index in [1.54, 1.807) is 6.92 Å². The number of carbonyl (C=O) groups excluding carboxylic acids is 1. The molecule has 0 bridgehead atoms. The Bertz CT molecular complexity index is 396. The maximum absolute atomic E-state index is 13.2. The molecule has 3 nitrogen and oxygen atoms in total. The van der Waals surface area contributed by atoms with Crippen molar-refractivity contribution in [2.45, 2.75) is 13.3 Å². The Morgan fingerprint density at radius 1 is 1.47 bits per heavy atom. The summed E-state index contributed by atoms with van der Waals surface area (Å²) in [5.41, 5.74) is 0.0270. The van der Waals surface area contributed by atoms with Gasteiger partial charge in [0.2, 0.25) is 5.91 Å². The van der Waals surface area contributed by atoms with Gasteiger partial charge in [-0.2, -0.15) is 0 Å². The zero-order valence-electron chi connectivity index (χ0n) is 9.54. The molecule has 94 valence electrons. The van der Waals surface area contributed by atoms with Crippen LogP contribution >= 0.6 is 0 Å². The SMILES string of the molecule is CC(CO)CNC(=O)Cc1cccc(F)c1F. The summed E-state index contributed by atoms with van der Waals surface area (Å²) in [5, 5.41) is 11.3. The Balaban J connectivity index is 2.54. The van der Waals surface area contributed by atoms with Gasteiger partial charge in [-0.25, -0.2) is 8.78 Å². The number of nitrogens with one attached hydrogen (secondary N) is 1. The second-order valence-corrected chi connectivity index (χ2v) is 3.98. The molecule has 0 radical (unpaired) electrons. The average Bonchev–Trinajstić information content (AvgIpc) is 2.32. The topological polar surface area (TPSA) is 49.3 Å². The first kappa shape index (κ1) is 13.6. The van der Waals surface area contributed by atoms with E-state index in [4.69, 9.17) is 5.11 Å². The predicted molar refractivity (Wildman–Crippen MR) is 59.3 cm³/mol. The highest BCUT2D eigenvalue weighted by Gasteiger charge is 2.11. The van der Waals surface area contributed by atoms with Gasteiger partial charge in [0.05, 0.1) is 6.42 Å². The summed E-state index contributed by atoms with van der Waals surface area (Å²) in [6, 6.07) is 3.73. The molecule has 0 spiro atoms. The van der Waals surface area contributed by atoms with Gasteiger partial charge >= 0.3 is 0 Å². The average molecular weight is 243 g/mol. The molecule has 1 amide bonds. The maximum atomic E-state index is 13.2. The van der Waals surface area contributed by atoms with E-state index in [0.29, 0.717) is 6.54 Å². The molecule has 0 fully saturated rings. The van der Waals surface area contributed by atoms with Gasteiger partial charge in [0, 0.05) is 18.7 Å². The third kappa shape index (κ3) is 4.11. The molecule has 1 unspecified atom stereocenters. The monoisotopic (exact) mass is 243 g/mol. The second-order valence-electron chi connectivity index (χ2n) is 3.98.